The van der Waals surface area contributed by atoms with E-state index < -0.39 is 0 Å². The minimum absolute atomic E-state index is 0.150. The van der Waals surface area contributed by atoms with E-state index in [0.717, 1.165) is 28.2 Å². The maximum atomic E-state index is 12.9. The molecule has 2 heterocycles. The summed E-state index contributed by atoms with van der Waals surface area (Å²) in [7, 11) is 1.63. The third-order valence-electron chi connectivity index (χ3n) is 5.54. The summed E-state index contributed by atoms with van der Waals surface area (Å²) in [5, 5.41) is 0. The Balaban J connectivity index is 1.35. The molecule has 32 heavy (non-hydrogen) atoms. The average molecular weight is 426 g/mol. The van der Waals surface area contributed by atoms with Crippen LogP contribution >= 0.6 is 0 Å². The van der Waals surface area contributed by atoms with Crippen molar-refractivity contribution < 1.29 is 23.7 Å². The Morgan fingerprint density at radius 1 is 1.00 bits per heavy atom. The summed E-state index contributed by atoms with van der Waals surface area (Å²) in [5.74, 6) is 2.84. The second-order valence-corrected chi connectivity index (χ2v) is 7.64. The van der Waals surface area contributed by atoms with Crippen molar-refractivity contribution in [2.45, 2.75) is 19.6 Å². The molecule has 160 valence electrons. The third kappa shape index (κ3) is 3.73. The van der Waals surface area contributed by atoms with Crippen molar-refractivity contribution in [3.8, 4) is 23.0 Å². The number of hydrogen-bond donors (Lipinski definition) is 0. The fourth-order valence-electron chi connectivity index (χ4n) is 3.81. The number of para-hydroxylation sites is 2. The van der Waals surface area contributed by atoms with Crippen molar-refractivity contribution in [1.29, 1.82) is 0 Å². The molecule has 2 aliphatic heterocycles. The Hall–Kier alpha value is -3.99. The molecule has 2 aliphatic rings. The van der Waals surface area contributed by atoms with Crippen LogP contribution in [0.15, 0.2) is 84.1 Å². The van der Waals surface area contributed by atoms with E-state index in [1.807, 2.05) is 61.5 Å². The molecule has 3 aromatic carbocycles. The van der Waals surface area contributed by atoms with Crippen LogP contribution in [0.2, 0.25) is 0 Å². The van der Waals surface area contributed by atoms with Crippen molar-refractivity contribution >= 4 is 11.9 Å². The summed E-state index contributed by atoms with van der Waals surface area (Å²) in [6.07, 6.45) is 3.60. The molecule has 0 fully saturated rings. The quantitative estimate of drug-likeness (QED) is 0.497. The highest BCUT2D eigenvalue weighted by Gasteiger charge is 2.29. The molecule has 1 unspecified atom stereocenters. The van der Waals surface area contributed by atoms with E-state index in [1.54, 1.807) is 31.4 Å². The molecule has 0 saturated carbocycles. The number of carbonyl (C=O) groups is 1. The van der Waals surface area contributed by atoms with Crippen molar-refractivity contribution in [3.63, 3.8) is 0 Å². The molecule has 5 heteroatoms. The van der Waals surface area contributed by atoms with E-state index in [2.05, 4.69) is 0 Å². The number of hydrogen-bond acceptors (Lipinski definition) is 5. The van der Waals surface area contributed by atoms with E-state index in [1.165, 1.54) is 0 Å². The molecule has 0 aliphatic carbocycles. The van der Waals surface area contributed by atoms with Gasteiger partial charge in [-0.2, -0.15) is 0 Å². The van der Waals surface area contributed by atoms with Gasteiger partial charge in [0.25, 0.3) is 0 Å². The first-order chi connectivity index (χ1) is 15.6. The Kier molecular flexibility index (Phi) is 5.15. The second kappa shape index (κ2) is 8.27. The number of benzene rings is 3. The summed E-state index contributed by atoms with van der Waals surface area (Å²) in [6.45, 7) is 2.30. The van der Waals surface area contributed by atoms with Crippen LogP contribution in [-0.2, 0) is 6.61 Å². The Morgan fingerprint density at radius 3 is 2.69 bits per heavy atom. The smallest absolute Gasteiger partial charge is 0.231 e. The van der Waals surface area contributed by atoms with Crippen molar-refractivity contribution in [2.24, 2.45) is 0 Å². The predicted octanol–water partition coefficient (Wildman–Crippen LogP) is 5.60. The molecule has 0 saturated heterocycles. The first-order valence-electron chi connectivity index (χ1n) is 10.4. The number of Topliss-reactive ketones (excluding diaryl/α,β-unsaturated/α-hetero) is 1. The number of methoxy groups -OCH3 is 1. The van der Waals surface area contributed by atoms with Gasteiger partial charge < -0.3 is 18.9 Å². The molecular formula is C27H22O5. The maximum absolute atomic E-state index is 12.9. The summed E-state index contributed by atoms with van der Waals surface area (Å²) >= 11 is 0. The third-order valence-corrected chi connectivity index (χ3v) is 5.54. The zero-order valence-corrected chi connectivity index (χ0v) is 17.8. The van der Waals surface area contributed by atoms with Gasteiger partial charge in [0, 0.05) is 17.2 Å². The summed E-state index contributed by atoms with van der Waals surface area (Å²) in [4.78, 5) is 12.9. The van der Waals surface area contributed by atoms with E-state index in [-0.39, 0.29) is 17.6 Å². The molecule has 0 spiro atoms. The van der Waals surface area contributed by atoms with Gasteiger partial charge in [-0.25, -0.2) is 0 Å². The van der Waals surface area contributed by atoms with Gasteiger partial charge in [0.15, 0.2) is 5.76 Å². The molecule has 0 radical (unpaired) electrons. The Bertz CT molecular complexity index is 1250. The summed E-state index contributed by atoms with van der Waals surface area (Å²) in [6, 6.07) is 20.8. The van der Waals surface area contributed by atoms with Crippen LogP contribution in [0.25, 0.3) is 6.08 Å². The lowest BCUT2D eigenvalue weighted by molar-refractivity contribution is 0.101. The van der Waals surface area contributed by atoms with Gasteiger partial charge in [0.05, 0.1) is 12.7 Å². The largest absolute Gasteiger partial charge is 0.496 e. The van der Waals surface area contributed by atoms with Crippen molar-refractivity contribution in [1.82, 2.24) is 0 Å². The van der Waals surface area contributed by atoms with E-state index >= 15 is 0 Å². The molecule has 5 nitrogen and oxygen atoms in total. The van der Waals surface area contributed by atoms with Gasteiger partial charge in [-0.1, -0.05) is 36.4 Å². The number of allylic oxidation sites excluding steroid dienone is 1. The van der Waals surface area contributed by atoms with Crippen LogP contribution in [-0.4, -0.2) is 19.0 Å². The number of ketones is 1. The SMILES string of the molecule is COc1ccccc1COc1ccc2c(c1)O/C(=C\C1=Cc3ccccc3OC1C)C2=O. The van der Waals surface area contributed by atoms with Gasteiger partial charge in [-0.15, -0.1) is 0 Å². The number of fused-ring (bicyclic) bond motifs is 2. The van der Waals surface area contributed by atoms with E-state index in [0.29, 0.717) is 23.7 Å². The molecule has 0 aromatic heterocycles. The van der Waals surface area contributed by atoms with Crippen LogP contribution in [0.3, 0.4) is 0 Å². The standard InChI is InChI=1S/C27H22O5/c1-17-20(13-18-7-3-6-10-24(18)31-17)14-26-27(28)22-12-11-21(15-25(22)32-26)30-16-19-8-4-5-9-23(19)29-2/h3-15,17H,16H2,1-2H3/b26-14-. The van der Waals surface area contributed by atoms with Gasteiger partial charge >= 0.3 is 0 Å². The number of carbonyl (C=O) groups excluding carboxylic acids is 1. The van der Waals surface area contributed by atoms with Crippen molar-refractivity contribution in [3.05, 3.63) is 101 Å². The van der Waals surface area contributed by atoms with Gasteiger partial charge in [-0.3, -0.25) is 4.79 Å². The number of rotatable bonds is 5. The molecule has 3 aromatic rings. The highest BCUT2D eigenvalue weighted by molar-refractivity contribution is 6.12. The molecule has 0 bridgehead atoms. The van der Waals surface area contributed by atoms with Gasteiger partial charge in [0.1, 0.15) is 35.7 Å². The molecule has 1 atom stereocenters. The average Bonchev–Trinajstić information content (AvgIpc) is 3.12. The summed E-state index contributed by atoms with van der Waals surface area (Å²) < 4.78 is 23.2. The first kappa shape index (κ1) is 19.9. The van der Waals surface area contributed by atoms with E-state index in [4.69, 9.17) is 18.9 Å². The van der Waals surface area contributed by atoms with Crippen LogP contribution in [0.1, 0.15) is 28.4 Å². The Morgan fingerprint density at radius 2 is 1.81 bits per heavy atom. The predicted molar refractivity (Wildman–Crippen MR) is 121 cm³/mol. The van der Waals surface area contributed by atoms with Crippen LogP contribution in [0, 0.1) is 0 Å². The fourth-order valence-corrected chi connectivity index (χ4v) is 3.81. The number of ether oxygens (including phenoxy) is 4. The van der Waals surface area contributed by atoms with Crippen molar-refractivity contribution in [2.75, 3.05) is 7.11 Å². The minimum atomic E-state index is -0.183. The van der Waals surface area contributed by atoms with Gasteiger partial charge in [0.2, 0.25) is 5.78 Å². The zero-order chi connectivity index (χ0) is 22.1. The zero-order valence-electron chi connectivity index (χ0n) is 17.8. The topological polar surface area (TPSA) is 54.0 Å². The van der Waals surface area contributed by atoms with Crippen LogP contribution in [0.4, 0.5) is 0 Å². The first-order valence-corrected chi connectivity index (χ1v) is 10.4. The summed E-state index contributed by atoms with van der Waals surface area (Å²) in [5.41, 5.74) is 3.32. The molecule has 5 rings (SSSR count). The lowest BCUT2D eigenvalue weighted by Gasteiger charge is -2.22. The lowest BCUT2D eigenvalue weighted by Crippen LogP contribution is -2.18. The van der Waals surface area contributed by atoms with E-state index in [9.17, 15) is 4.79 Å². The fraction of sp³-hybridized carbons (Fsp3) is 0.148. The maximum Gasteiger partial charge on any atom is 0.231 e. The van der Waals surface area contributed by atoms with Crippen LogP contribution < -0.4 is 18.9 Å². The normalized spacial score (nSPS) is 17.7. The van der Waals surface area contributed by atoms with Gasteiger partial charge in [-0.05, 0) is 48.9 Å². The minimum Gasteiger partial charge on any atom is -0.496 e. The van der Waals surface area contributed by atoms with Crippen LogP contribution in [0.5, 0.6) is 23.0 Å². The Labute approximate surface area is 186 Å². The highest BCUT2D eigenvalue weighted by atomic mass is 16.5. The monoisotopic (exact) mass is 426 g/mol. The lowest BCUT2D eigenvalue weighted by atomic mass is 10.0. The molecule has 0 amide bonds. The highest BCUT2D eigenvalue weighted by Crippen LogP contribution is 2.36. The second-order valence-electron chi connectivity index (χ2n) is 7.64. The molecule has 0 N–H and O–H groups in total. The molecular weight excluding hydrogens is 404 g/mol.